The van der Waals surface area contributed by atoms with Crippen LogP contribution in [-0.2, 0) is 16.5 Å². The van der Waals surface area contributed by atoms with Crippen LogP contribution in [0.15, 0.2) is 47.4 Å². The van der Waals surface area contributed by atoms with Crippen molar-refractivity contribution < 1.29 is 22.8 Å². The molecule has 0 saturated heterocycles. The number of hydrogen-bond donors (Lipinski definition) is 2. The maximum atomic E-state index is 12.1. The summed E-state index contributed by atoms with van der Waals surface area (Å²) in [6.07, 6.45) is 14.0. The van der Waals surface area contributed by atoms with Gasteiger partial charge in [-0.25, -0.2) is 0 Å². The van der Waals surface area contributed by atoms with Crippen LogP contribution in [0.3, 0.4) is 0 Å². The standard InChI is InChI=1S/C25H36O5S/c1-2-3-4-5-6-7-8-9-10-11-12-14-21-15-13-16-24(25(21)31(27,28)29)30-23-19-17-22(26)18-20-23/h13,15-20,26H,2-12,14H2,1H3,(H,27,28,29). The summed E-state index contributed by atoms with van der Waals surface area (Å²) >= 11 is 0. The first-order valence-corrected chi connectivity index (χ1v) is 12.9. The van der Waals surface area contributed by atoms with E-state index in [0.29, 0.717) is 17.7 Å². The molecule has 31 heavy (non-hydrogen) atoms. The number of rotatable bonds is 15. The van der Waals surface area contributed by atoms with E-state index in [9.17, 15) is 18.1 Å². The van der Waals surface area contributed by atoms with E-state index in [1.807, 2.05) is 0 Å². The van der Waals surface area contributed by atoms with Crippen LogP contribution < -0.4 is 4.74 Å². The molecule has 172 valence electrons. The quantitative estimate of drug-likeness (QED) is 0.221. The Morgan fingerprint density at radius 2 is 1.32 bits per heavy atom. The number of ether oxygens (including phenoxy) is 1. The van der Waals surface area contributed by atoms with E-state index in [0.717, 1.165) is 19.3 Å². The molecule has 0 spiro atoms. The second kappa shape index (κ2) is 13.4. The van der Waals surface area contributed by atoms with Crippen LogP contribution in [0.5, 0.6) is 17.2 Å². The number of unbranched alkanes of at least 4 members (excludes halogenated alkanes) is 10. The second-order valence-electron chi connectivity index (χ2n) is 8.10. The lowest BCUT2D eigenvalue weighted by Crippen LogP contribution is -2.06. The summed E-state index contributed by atoms with van der Waals surface area (Å²) in [5.74, 6) is 0.566. The van der Waals surface area contributed by atoms with Gasteiger partial charge in [0.2, 0.25) is 0 Å². The van der Waals surface area contributed by atoms with Crippen molar-refractivity contribution in [2.24, 2.45) is 0 Å². The number of aromatic hydroxyl groups is 1. The molecule has 0 aromatic heterocycles. The summed E-state index contributed by atoms with van der Waals surface area (Å²) < 4.78 is 39.6. The zero-order valence-corrected chi connectivity index (χ0v) is 19.4. The number of benzene rings is 2. The van der Waals surface area contributed by atoms with Gasteiger partial charge in [-0.15, -0.1) is 0 Å². The molecule has 0 atom stereocenters. The highest BCUT2D eigenvalue weighted by Crippen LogP contribution is 2.33. The summed E-state index contributed by atoms with van der Waals surface area (Å²) in [5.41, 5.74) is 0.565. The number of hydrogen-bond acceptors (Lipinski definition) is 4. The Morgan fingerprint density at radius 3 is 1.87 bits per heavy atom. The minimum absolute atomic E-state index is 0.0904. The SMILES string of the molecule is CCCCCCCCCCCCCc1cccc(Oc2ccc(O)cc2)c1S(=O)(=O)O. The van der Waals surface area contributed by atoms with Crippen molar-refractivity contribution in [3.8, 4) is 17.2 Å². The molecule has 0 amide bonds. The van der Waals surface area contributed by atoms with Gasteiger partial charge in [0.1, 0.15) is 22.1 Å². The minimum atomic E-state index is -4.43. The third kappa shape index (κ3) is 9.32. The number of phenols is 1. The second-order valence-corrected chi connectivity index (χ2v) is 9.46. The molecule has 6 heteroatoms. The molecule has 0 aliphatic rings. The van der Waals surface area contributed by atoms with Crippen LogP contribution in [0.4, 0.5) is 0 Å². The van der Waals surface area contributed by atoms with Crippen molar-refractivity contribution >= 4 is 10.1 Å². The predicted molar refractivity (Wildman–Crippen MR) is 125 cm³/mol. The van der Waals surface area contributed by atoms with Gasteiger partial charge in [0.05, 0.1) is 0 Å². The zero-order valence-electron chi connectivity index (χ0n) is 18.6. The average Bonchev–Trinajstić information content (AvgIpc) is 2.73. The van der Waals surface area contributed by atoms with Crippen molar-refractivity contribution in [3.63, 3.8) is 0 Å². The van der Waals surface area contributed by atoms with Gasteiger partial charge in [-0.3, -0.25) is 4.55 Å². The molecule has 2 rings (SSSR count). The van der Waals surface area contributed by atoms with Gasteiger partial charge in [-0.1, -0.05) is 83.3 Å². The Labute approximate surface area is 187 Å². The van der Waals surface area contributed by atoms with E-state index in [-0.39, 0.29) is 16.4 Å². The fourth-order valence-corrected chi connectivity index (χ4v) is 4.62. The van der Waals surface area contributed by atoms with E-state index in [1.54, 1.807) is 24.3 Å². The van der Waals surface area contributed by atoms with E-state index in [1.165, 1.54) is 69.6 Å². The van der Waals surface area contributed by atoms with Gasteiger partial charge in [0.15, 0.2) is 0 Å². The van der Waals surface area contributed by atoms with E-state index < -0.39 is 10.1 Å². The van der Waals surface area contributed by atoms with Crippen molar-refractivity contribution in [3.05, 3.63) is 48.0 Å². The molecule has 0 saturated carbocycles. The smallest absolute Gasteiger partial charge is 0.298 e. The molecule has 0 aliphatic heterocycles. The molecule has 2 aromatic carbocycles. The lowest BCUT2D eigenvalue weighted by atomic mass is 10.0. The minimum Gasteiger partial charge on any atom is -0.508 e. The van der Waals surface area contributed by atoms with E-state index >= 15 is 0 Å². The average molecular weight is 449 g/mol. The fourth-order valence-electron chi connectivity index (χ4n) is 3.75. The van der Waals surface area contributed by atoms with Crippen molar-refractivity contribution in [2.75, 3.05) is 0 Å². The normalized spacial score (nSPS) is 11.5. The molecule has 0 bridgehead atoms. The number of phenolic OH excluding ortho intramolecular Hbond substituents is 1. The largest absolute Gasteiger partial charge is 0.508 e. The molecule has 5 nitrogen and oxygen atoms in total. The van der Waals surface area contributed by atoms with Gasteiger partial charge in [0.25, 0.3) is 10.1 Å². The van der Waals surface area contributed by atoms with E-state index in [2.05, 4.69) is 6.92 Å². The number of aryl methyl sites for hydroxylation is 1. The van der Waals surface area contributed by atoms with Crippen molar-refractivity contribution in [1.82, 2.24) is 0 Å². The van der Waals surface area contributed by atoms with Crippen molar-refractivity contribution in [2.45, 2.75) is 88.9 Å². The Balaban J connectivity index is 1.85. The predicted octanol–water partition coefficient (Wildman–Crippen LogP) is 7.28. The van der Waals surface area contributed by atoms with Gasteiger partial charge in [0, 0.05) is 0 Å². The highest BCUT2D eigenvalue weighted by atomic mass is 32.2. The highest BCUT2D eigenvalue weighted by Gasteiger charge is 2.22. The van der Waals surface area contributed by atoms with Crippen molar-refractivity contribution in [1.29, 1.82) is 0 Å². The summed E-state index contributed by atoms with van der Waals surface area (Å²) in [7, 11) is -4.43. The lowest BCUT2D eigenvalue weighted by Gasteiger charge is -2.13. The molecule has 2 N–H and O–H groups in total. The lowest BCUT2D eigenvalue weighted by molar-refractivity contribution is 0.443. The maximum absolute atomic E-state index is 12.1. The maximum Gasteiger partial charge on any atom is 0.298 e. The summed E-state index contributed by atoms with van der Waals surface area (Å²) in [4.78, 5) is -0.171. The zero-order chi connectivity index (χ0) is 22.5. The highest BCUT2D eigenvalue weighted by molar-refractivity contribution is 7.86. The van der Waals surface area contributed by atoms with Gasteiger partial charge < -0.3 is 9.84 Å². The van der Waals surface area contributed by atoms with Crippen LogP contribution >= 0.6 is 0 Å². The van der Waals surface area contributed by atoms with Crippen LogP contribution in [0, 0.1) is 0 Å². The third-order valence-corrected chi connectivity index (χ3v) is 6.41. The molecule has 0 aliphatic carbocycles. The first-order chi connectivity index (χ1) is 14.9. The Bertz CT molecular complexity index is 875. The monoisotopic (exact) mass is 448 g/mol. The first-order valence-electron chi connectivity index (χ1n) is 11.5. The van der Waals surface area contributed by atoms with E-state index in [4.69, 9.17) is 4.74 Å². The Kier molecular flexibility index (Phi) is 10.9. The summed E-state index contributed by atoms with van der Waals surface area (Å²) in [5, 5.41) is 9.39. The molecule has 0 fully saturated rings. The first kappa shape index (κ1) is 25.2. The molecule has 0 heterocycles. The van der Waals surface area contributed by atoms with Crippen LogP contribution in [0.2, 0.25) is 0 Å². The molecule has 0 unspecified atom stereocenters. The third-order valence-electron chi connectivity index (χ3n) is 5.43. The molecular formula is C25H36O5S. The Morgan fingerprint density at radius 1 is 0.774 bits per heavy atom. The van der Waals surface area contributed by atoms with Crippen LogP contribution in [-0.4, -0.2) is 18.1 Å². The van der Waals surface area contributed by atoms with Crippen LogP contribution in [0.1, 0.15) is 83.1 Å². The topological polar surface area (TPSA) is 83.8 Å². The van der Waals surface area contributed by atoms with Crippen LogP contribution in [0.25, 0.3) is 0 Å². The van der Waals surface area contributed by atoms with Gasteiger partial charge in [-0.05, 0) is 48.7 Å². The molecule has 0 radical (unpaired) electrons. The summed E-state index contributed by atoms with van der Waals surface area (Å²) in [6.45, 7) is 2.23. The molecule has 2 aromatic rings. The summed E-state index contributed by atoms with van der Waals surface area (Å²) in [6, 6.07) is 11.0. The Hall–Kier alpha value is -2.05. The van der Waals surface area contributed by atoms with Gasteiger partial charge in [-0.2, -0.15) is 8.42 Å². The van der Waals surface area contributed by atoms with Gasteiger partial charge >= 0.3 is 0 Å². The molecular weight excluding hydrogens is 412 g/mol. The fraction of sp³-hybridized carbons (Fsp3) is 0.520.